The summed E-state index contributed by atoms with van der Waals surface area (Å²) in [4.78, 5) is 17.0. The second-order valence-electron chi connectivity index (χ2n) is 4.64. The SMILES string of the molecule is O=C1N=C2CN1C=C1N=NC(OCc3ccccc3)=C12. The Kier molecular flexibility index (Phi) is 2.29. The van der Waals surface area contributed by atoms with E-state index in [1.54, 1.807) is 6.20 Å². The molecule has 20 heavy (non-hydrogen) atoms. The van der Waals surface area contributed by atoms with Crippen LogP contribution < -0.4 is 0 Å². The predicted octanol–water partition coefficient (Wildman–Crippen LogP) is 2.61. The Morgan fingerprint density at radius 3 is 2.90 bits per heavy atom. The Morgan fingerprint density at radius 2 is 2.05 bits per heavy atom. The average Bonchev–Trinajstić information content (AvgIpc) is 3.01. The van der Waals surface area contributed by atoms with E-state index in [4.69, 9.17) is 4.74 Å². The fraction of sp³-hybridized carbons (Fsp3) is 0.143. The first-order valence-electron chi connectivity index (χ1n) is 6.25. The van der Waals surface area contributed by atoms with Gasteiger partial charge < -0.3 is 4.74 Å². The molecule has 0 saturated carbocycles. The molecule has 0 spiro atoms. The van der Waals surface area contributed by atoms with Crippen LogP contribution in [0.25, 0.3) is 0 Å². The van der Waals surface area contributed by atoms with Crippen LogP contribution in [0, 0.1) is 0 Å². The zero-order chi connectivity index (χ0) is 13.5. The molecule has 0 fully saturated rings. The number of carbonyl (C=O) groups is 1. The number of carbonyl (C=O) groups excluding carboxylic acids is 1. The molecule has 3 aliphatic rings. The number of aliphatic imine (C=N–C) groups is 1. The van der Waals surface area contributed by atoms with Crippen molar-refractivity contribution in [2.75, 3.05) is 6.54 Å². The lowest BCUT2D eigenvalue weighted by Crippen LogP contribution is -2.26. The number of hydrogen-bond donors (Lipinski definition) is 0. The van der Waals surface area contributed by atoms with E-state index >= 15 is 0 Å². The van der Waals surface area contributed by atoms with Crippen LogP contribution in [0.3, 0.4) is 0 Å². The molecule has 3 aliphatic heterocycles. The Bertz CT molecular complexity index is 716. The van der Waals surface area contributed by atoms with Crippen molar-refractivity contribution in [2.45, 2.75) is 6.61 Å². The fourth-order valence-electron chi connectivity index (χ4n) is 2.32. The fourth-order valence-corrected chi connectivity index (χ4v) is 2.32. The number of benzene rings is 1. The summed E-state index contributed by atoms with van der Waals surface area (Å²) in [5.74, 6) is 0.438. The van der Waals surface area contributed by atoms with Crippen molar-refractivity contribution >= 4 is 11.7 Å². The lowest BCUT2D eigenvalue weighted by Gasteiger charge is -2.15. The number of rotatable bonds is 3. The van der Waals surface area contributed by atoms with E-state index in [-0.39, 0.29) is 6.03 Å². The third-order valence-corrected chi connectivity index (χ3v) is 3.30. The third-order valence-electron chi connectivity index (χ3n) is 3.30. The van der Waals surface area contributed by atoms with Gasteiger partial charge in [0.1, 0.15) is 12.3 Å². The lowest BCUT2D eigenvalue weighted by molar-refractivity contribution is 0.195. The predicted molar refractivity (Wildman–Crippen MR) is 70.7 cm³/mol. The van der Waals surface area contributed by atoms with Crippen molar-refractivity contribution < 1.29 is 9.53 Å². The van der Waals surface area contributed by atoms with E-state index in [1.165, 1.54) is 4.90 Å². The monoisotopic (exact) mass is 266 g/mol. The van der Waals surface area contributed by atoms with Crippen LogP contribution in [0.1, 0.15) is 5.56 Å². The molecule has 4 rings (SSSR count). The lowest BCUT2D eigenvalue weighted by atomic mass is 10.1. The molecule has 0 radical (unpaired) electrons. The van der Waals surface area contributed by atoms with Gasteiger partial charge in [0.05, 0.1) is 17.8 Å². The number of amides is 2. The van der Waals surface area contributed by atoms with Crippen LogP contribution in [-0.4, -0.2) is 23.2 Å². The molecular formula is C14H10N4O2. The summed E-state index contributed by atoms with van der Waals surface area (Å²) in [7, 11) is 0. The second kappa shape index (κ2) is 4.12. The summed E-state index contributed by atoms with van der Waals surface area (Å²) in [6.45, 7) is 0.887. The van der Waals surface area contributed by atoms with Crippen LogP contribution in [-0.2, 0) is 11.3 Å². The van der Waals surface area contributed by atoms with E-state index in [9.17, 15) is 4.79 Å². The summed E-state index contributed by atoms with van der Waals surface area (Å²) >= 11 is 0. The highest BCUT2D eigenvalue weighted by atomic mass is 16.5. The summed E-state index contributed by atoms with van der Waals surface area (Å²) in [5.41, 5.74) is 3.11. The maximum Gasteiger partial charge on any atom is 0.348 e. The molecule has 0 unspecified atom stereocenters. The van der Waals surface area contributed by atoms with Crippen molar-refractivity contribution in [1.29, 1.82) is 0 Å². The van der Waals surface area contributed by atoms with Gasteiger partial charge >= 0.3 is 6.03 Å². The van der Waals surface area contributed by atoms with E-state index in [0.717, 1.165) is 11.1 Å². The average molecular weight is 266 g/mol. The molecule has 0 aliphatic carbocycles. The Morgan fingerprint density at radius 1 is 1.20 bits per heavy atom. The number of urea groups is 1. The molecule has 1 aromatic carbocycles. The first-order chi connectivity index (χ1) is 9.81. The third kappa shape index (κ3) is 1.65. The minimum Gasteiger partial charge on any atom is -0.471 e. The Hall–Kier alpha value is -2.76. The van der Waals surface area contributed by atoms with E-state index in [0.29, 0.717) is 30.4 Å². The summed E-state index contributed by atoms with van der Waals surface area (Å²) in [6.07, 6.45) is 1.67. The van der Waals surface area contributed by atoms with Gasteiger partial charge in [-0.15, -0.1) is 10.2 Å². The molecular weight excluding hydrogens is 256 g/mol. The van der Waals surface area contributed by atoms with Gasteiger partial charge in [-0.25, -0.2) is 4.79 Å². The molecule has 6 heteroatoms. The van der Waals surface area contributed by atoms with Crippen LogP contribution in [0.4, 0.5) is 4.79 Å². The smallest absolute Gasteiger partial charge is 0.348 e. The molecule has 3 heterocycles. The molecule has 0 N–H and O–H groups in total. The number of nitrogens with zero attached hydrogens (tertiary/aromatic N) is 4. The summed E-state index contributed by atoms with van der Waals surface area (Å²) in [5, 5.41) is 8.07. The topological polar surface area (TPSA) is 66.6 Å². The van der Waals surface area contributed by atoms with Crippen molar-refractivity contribution in [3.05, 3.63) is 59.2 Å². The van der Waals surface area contributed by atoms with Gasteiger partial charge in [0, 0.05) is 6.20 Å². The van der Waals surface area contributed by atoms with Gasteiger partial charge in [0.15, 0.2) is 0 Å². The zero-order valence-electron chi connectivity index (χ0n) is 10.5. The minimum absolute atomic E-state index is 0.257. The van der Waals surface area contributed by atoms with Gasteiger partial charge in [-0.1, -0.05) is 30.3 Å². The Balaban J connectivity index is 1.62. The highest BCUT2D eigenvalue weighted by Crippen LogP contribution is 2.34. The van der Waals surface area contributed by atoms with Gasteiger partial charge in [-0.3, -0.25) is 4.90 Å². The number of fused-ring (bicyclic) bond motifs is 4. The van der Waals surface area contributed by atoms with Crippen LogP contribution in [0.2, 0.25) is 0 Å². The van der Waals surface area contributed by atoms with Crippen molar-refractivity contribution in [3.63, 3.8) is 0 Å². The molecule has 0 saturated heterocycles. The van der Waals surface area contributed by atoms with Crippen molar-refractivity contribution in [3.8, 4) is 0 Å². The first-order valence-corrected chi connectivity index (χ1v) is 6.25. The quantitative estimate of drug-likeness (QED) is 0.843. The van der Waals surface area contributed by atoms with Crippen LogP contribution in [0.5, 0.6) is 0 Å². The van der Waals surface area contributed by atoms with Crippen LogP contribution in [0.15, 0.2) is 68.9 Å². The highest BCUT2D eigenvalue weighted by Gasteiger charge is 2.36. The Labute approximate surface area is 114 Å². The molecule has 2 amide bonds. The molecule has 2 bridgehead atoms. The highest BCUT2D eigenvalue weighted by molar-refractivity contribution is 6.16. The maximum absolute atomic E-state index is 11.5. The number of azo groups is 1. The van der Waals surface area contributed by atoms with E-state index in [1.807, 2.05) is 30.3 Å². The molecule has 98 valence electrons. The standard InChI is InChI=1S/C14H10N4O2/c19-14-15-10-6-18(14)7-11-12(10)13(17-16-11)20-8-9-4-2-1-3-5-9/h1-5,7H,6,8H2. The van der Waals surface area contributed by atoms with Gasteiger partial charge in [0.2, 0.25) is 5.88 Å². The first kappa shape index (κ1) is 11.1. The maximum atomic E-state index is 11.5. The van der Waals surface area contributed by atoms with Crippen molar-refractivity contribution in [1.82, 2.24) is 4.90 Å². The summed E-state index contributed by atoms with van der Waals surface area (Å²) < 4.78 is 5.71. The number of ether oxygens (including phenoxy) is 1. The molecule has 1 aromatic rings. The van der Waals surface area contributed by atoms with Gasteiger partial charge in [-0.05, 0) is 5.56 Å². The van der Waals surface area contributed by atoms with E-state index in [2.05, 4.69) is 15.2 Å². The van der Waals surface area contributed by atoms with Crippen LogP contribution >= 0.6 is 0 Å². The zero-order valence-corrected chi connectivity index (χ0v) is 10.5. The van der Waals surface area contributed by atoms with E-state index < -0.39 is 0 Å². The number of hydrogen-bond acceptors (Lipinski definition) is 4. The molecule has 6 nitrogen and oxygen atoms in total. The normalized spacial score (nSPS) is 19.2. The minimum atomic E-state index is -0.257. The second-order valence-corrected chi connectivity index (χ2v) is 4.64. The molecule has 0 aromatic heterocycles. The van der Waals surface area contributed by atoms with Gasteiger partial charge in [-0.2, -0.15) is 4.99 Å². The number of allylic oxidation sites excluding steroid dienone is 1. The van der Waals surface area contributed by atoms with Gasteiger partial charge in [0.25, 0.3) is 0 Å². The van der Waals surface area contributed by atoms with Crippen molar-refractivity contribution in [2.24, 2.45) is 15.2 Å². The molecule has 0 atom stereocenters. The largest absolute Gasteiger partial charge is 0.471 e. The summed E-state index contributed by atoms with van der Waals surface area (Å²) in [6, 6.07) is 9.57.